The summed E-state index contributed by atoms with van der Waals surface area (Å²) in [5, 5.41) is 0. The average Bonchev–Trinajstić information content (AvgIpc) is 3.57. The number of anilines is 2. The van der Waals surface area contributed by atoms with E-state index in [0.29, 0.717) is 41.5 Å². The number of para-hydroxylation sites is 1. The first kappa shape index (κ1) is 26.9. The van der Waals surface area contributed by atoms with E-state index in [1.54, 1.807) is 66.7 Å². The summed E-state index contributed by atoms with van der Waals surface area (Å²) >= 11 is 0. The number of nitrogens with zero attached hydrogens (tertiary/aromatic N) is 2. The van der Waals surface area contributed by atoms with Crippen LogP contribution in [0, 0.1) is 11.8 Å². The lowest BCUT2D eigenvalue weighted by Gasteiger charge is -2.36. The maximum absolute atomic E-state index is 14.2. The van der Waals surface area contributed by atoms with E-state index in [0.717, 1.165) is 16.2 Å². The fourth-order valence-corrected chi connectivity index (χ4v) is 6.82. The van der Waals surface area contributed by atoms with Crippen LogP contribution in [0.1, 0.15) is 21.5 Å². The first-order chi connectivity index (χ1) is 22.0. The fraction of sp³-hybridized carbons (Fsp3) is 0.167. The molecular formula is C36H26N2O7. The summed E-state index contributed by atoms with van der Waals surface area (Å²) in [5.41, 5.74) is 2.98. The summed E-state index contributed by atoms with van der Waals surface area (Å²) in [6.45, 7) is 0.777. The molecule has 0 radical (unpaired) electrons. The van der Waals surface area contributed by atoms with Crippen molar-refractivity contribution in [2.45, 2.75) is 12.1 Å². The minimum atomic E-state index is -1.07. The molecule has 8 rings (SSSR count). The molecule has 2 fully saturated rings. The Labute approximate surface area is 258 Å². The largest absolute Gasteiger partial charge is 0.486 e. The van der Waals surface area contributed by atoms with Crippen molar-refractivity contribution in [2.75, 3.05) is 23.0 Å². The van der Waals surface area contributed by atoms with Gasteiger partial charge in [-0.2, -0.15) is 0 Å². The normalized spacial score (nSPS) is 22.5. The van der Waals surface area contributed by atoms with Gasteiger partial charge in [0.15, 0.2) is 17.3 Å². The van der Waals surface area contributed by atoms with Gasteiger partial charge >= 0.3 is 5.97 Å². The molecule has 2 amide bonds. The standard InChI is InChI=1S/C36H26N2O7/c39-33(22-7-2-1-3-8-22)23-10-14-25(15-11-23)45-36(42)32-31-30(27-16-12-21-6-4-5-9-26(21)38(27)32)34(40)37(35(31)41)24-13-17-28-29(20-24)44-19-18-43-28/h1-17,20,27,30-32H,18-19H2/t27-,30-,31-,32+/m1/s1. The number of amides is 2. The van der Waals surface area contributed by atoms with Gasteiger partial charge in [0.1, 0.15) is 25.0 Å². The molecule has 4 heterocycles. The third-order valence-corrected chi connectivity index (χ3v) is 8.81. The molecule has 0 aromatic heterocycles. The molecule has 0 aliphatic carbocycles. The smallest absolute Gasteiger partial charge is 0.335 e. The first-order valence-corrected chi connectivity index (χ1v) is 14.7. The summed E-state index contributed by atoms with van der Waals surface area (Å²) in [7, 11) is 0. The monoisotopic (exact) mass is 598 g/mol. The SMILES string of the molecule is O=C(c1ccccc1)c1ccc(OC(=O)[C@@H]2[C@@H]3C(=O)N(c4ccc5c(c4)OCCO5)C(=O)[C@@H]3[C@H]3C=Cc4ccccc4N32)cc1. The molecule has 0 saturated carbocycles. The Morgan fingerprint density at radius 1 is 0.733 bits per heavy atom. The topological polar surface area (TPSA) is 102 Å². The van der Waals surface area contributed by atoms with Crippen LogP contribution in [0.3, 0.4) is 0 Å². The molecule has 4 aromatic carbocycles. The number of hydrogen-bond acceptors (Lipinski definition) is 8. The van der Waals surface area contributed by atoms with Gasteiger partial charge in [0, 0.05) is 22.9 Å². The van der Waals surface area contributed by atoms with Crippen LogP contribution in [0.15, 0.2) is 103 Å². The highest BCUT2D eigenvalue weighted by molar-refractivity contribution is 6.24. The van der Waals surface area contributed by atoms with E-state index in [1.807, 2.05) is 47.4 Å². The van der Waals surface area contributed by atoms with Gasteiger partial charge in [-0.05, 0) is 48.0 Å². The minimum Gasteiger partial charge on any atom is -0.486 e. The van der Waals surface area contributed by atoms with E-state index in [9.17, 15) is 19.2 Å². The fourth-order valence-electron chi connectivity index (χ4n) is 6.82. The van der Waals surface area contributed by atoms with Crippen molar-refractivity contribution in [3.05, 3.63) is 120 Å². The van der Waals surface area contributed by atoms with Gasteiger partial charge in [-0.3, -0.25) is 14.4 Å². The minimum absolute atomic E-state index is 0.152. The zero-order valence-electron chi connectivity index (χ0n) is 23.9. The van der Waals surface area contributed by atoms with Gasteiger partial charge in [0.25, 0.3) is 0 Å². The molecule has 4 aliphatic rings. The van der Waals surface area contributed by atoms with Gasteiger partial charge in [-0.15, -0.1) is 0 Å². The number of fused-ring (bicyclic) bond motifs is 6. The Kier molecular flexibility index (Phi) is 6.26. The summed E-state index contributed by atoms with van der Waals surface area (Å²) in [5.74, 6) is -2.25. The molecule has 4 aromatic rings. The molecule has 0 bridgehead atoms. The molecule has 9 heteroatoms. The van der Waals surface area contributed by atoms with Crippen molar-refractivity contribution in [3.8, 4) is 17.2 Å². The van der Waals surface area contributed by atoms with E-state index in [4.69, 9.17) is 14.2 Å². The molecule has 9 nitrogen and oxygen atoms in total. The molecular weight excluding hydrogens is 572 g/mol. The van der Waals surface area contributed by atoms with Crippen LogP contribution in [0.25, 0.3) is 6.08 Å². The lowest BCUT2D eigenvalue weighted by atomic mass is 9.89. The molecule has 0 unspecified atom stereocenters. The zero-order valence-corrected chi connectivity index (χ0v) is 23.9. The lowest BCUT2D eigenvalue weighted by molar-refractivity contribution is -0.139. The third-order valence-electron chi connectivity index (χ3n) is 8.81. The van der Waals surface area contributed by atoms with E-state index >= 15 is 0 Å². The summed E-state index contributed by atoms with van der Waals surface area (Å²) < 4.78 is 17.2. The van der Waals surface area contributed by atoms with Gasteiger partial charge in [0.2, 0.25) is 11.8 Å². The number of hydrogen-bond donors (Lipinski definition) is 0. The summed E-state index contributed by atoms with van der Waals surface area (Å²) in [4.78, 5) is 58.2. The van der Waals surface area contributed by atoms with Gasteiger partial charge in [-0.25, -0.2) is 9.69 Å². The predicted octanol–water partition coefficient (Wildman–Crippen LogP) is 4.68. The van der Waals surface area contributed by atoms with Crippen LogP contribution >= 0.6 is 0 Å². The Bertz CT molecular complexity index is 1900. The van der Waals surface area contributed by atoms with Crippen LogP contribution in [0.4, 0.5) is 11.4 Å². The van der Waals surface area contributed by atoms with E-state index in [-0.39, 0.29) is 17.4 Å². The molecule has 0 spiro atoms. The second kappa shape index (κ2) is 10.5. The highest BCUT2D eigenvalue weighted by Gasteiger charge is 2.65. The van der Waals surface area contributed by atoms with Crippen molar-refractivity contribution in [1.82, 2.24) is 0 Å². The van der Waals surface area contributed by atoms with Crippen LogP contribution in [-0.2, 0) is 14.4 Å². The molecule has 2 saturated heterocycles. The number of ether oxygens (including phenoxy) is 3. The Hall–Kier alpha value is -5.70. The summed E-state index contributed by atoms with van der Waals surface area (Å²) in [6, 6.07) is 26.1. The predicted molar refractivity (Wildman–Crippen MR) is 164 cm³/mol. The van der Waals surface area contributed by atoms with E-state index in [1.165, 1.54) is 0 Å². The molecule has 4 aliphatic heterocycles. The number of ketones is 1. The van der Waals surface area contributed by atoms with Crippen molar-refractivity contribution in [1.29, 1.82) is 0 Å². The highest BCUT2D eigenvalue weighted by Crippen LogP contribution is 2.50. The second-order valence-corrected chi connectivity index (χ2v) is 11.3. The lowest BCUT2D eigenvalue weighted by Crippen LogP contribution is -2.50. The molecule has 222 valence electrons. The maximum Gasteiger partial charge on any atom is 0.335 e. The maximum atomic E-state index is 14.2. The van der Waals surface area contributed by atoms with Crippen LogP contribution in [0.5, 0.6) is 17.2 Å². The number of carbonyl (C=O) groups excluding carboxylic acids is 4. The van der Waals surface area contributed by atoms with Gasteiger partial charge in [-0.1, -0.05) is 60.7 Å². The molecule has 0 N–H and O–H groups in total. The third kappa shape index (κ3) is 4.30. The summed E-state index contributed by atoms with van der Waals surface area (Å²) in [6.07, 6.45) is 3.81. The number of esters is 1. The second-order valence-electron chi connectivity index (χ2n) is 11.3. The zero-order chi connectivity index (χ0) is 30.7. The number of imide groups is 1. The van der Waals surface area contributed by atoms with Crippen molar-refractivity contribution in [2.24, 2.45) is 11.8 Å². The number of benzene rings is 4. The van der Waals surface area contributed by atoms with Crippen LogP contribution < -0.4 is 24.0 Å². The van der Waals surface area contributed by atoms with Crippen molar-refractivity contribution >= 4 is 41.0 Å². The van der Waals surface area contributed by atoms with Crippen molar-refractivity contribution < 1.29 is 33.4 Å². The van der Waals surface area contributed by atoms with E-state index < -0.39 is 35.8 Å². The van der Waals surface area contributed by atoms with Crippen LogP contribution in [0.2, 0.25) is 0 Å². The van der Waals surface area contributed by atoms with Crippen LogP contribution in [-0.4, -0.2) is 48.9 Å². The quantitative estimate of drug-likeness (QED) is 0.141. The molecule has 45 heavy (non-hydrogen) atoms. The van der Waals surface area contributed by atoms with E-state index in [2.05, 4.69) is 0 Å². The average molecular weight is 599 g/mol. The van der Waals surface area contributed by atoms with Crippen molar-refractivity contribution in [3.63, 3.8) is 0 Å². The number of rotatable bonds is 5. The van der Waals surface area contributed by atoms with Gasteiger partial charge in [0.05, 0.1) is 23.6 Å². The molecule has 4 atom stereocenters. The number of carbonyl (C=O) groups is 4. The Morgan fingerprint density at radius 2 is 1.42 bits per heavy atom. The van der Waals surface area contributed by atoms with Gasteiger partial charge < -0.3 is 19.1 Å². The highest BCUT2D eigenvalue weighted by atomic mass is 16.6. The Balaban J connectivity index is 1.13. The Morgan fingerprint density at radius 3 is 2.22 bits per heavy atom. The first-order valence-electron chi connectivity index (χ1n) is 14.7.